The summed E-state index contributed by atoms with van der Waals surface area (Å²) in [6.07, 6.45) is 3.71. The second-order valence-electron chi connectivity index (χ2n) is 8.08. The van der Waals surface area contributed by atoms with Gasteiger partial charge in [0.2, 0.25) is 5.79 Å². The van der Waals surface area contributed by atoms with Gasteiger partial charge in [0.25, 0.3) is 5.91 Å². The largest absolute Gasteiger partial charge is 0.449 e. The minimum Gasteiger partial charge on any atom is -0.449 e. The highest BCUT2D eigenvalue weighted by Crippen LogP contribution is 2.43. The lowest BCUT2D eigenvalue weighted by molar-refractivity contribution is -0.0431. The van der Waals surface area contributed by atoms with E-state index in [4.69, 9.17) is 14.5 Å². The predicted molar refractivity (Wildman–Crippen MR) is 108 cm³/mol. The number of fused-ring (bicyclic) bond motifs is 2. The maximum Gasteiger partial charge on any atom is 0.260 e. The molecule has 0 saturated heterocycles. The molecule has 5 rings (SSSR count). The van der Waals surface area contributed by atoms with E-state index in [1.807, 2.05) is 44.3 Å². The zero-order chi connectivity index (χ0) is 20.3. The summed E-state index contributed by atoms with van der Waals surface area (Å²) in [5.41, 5.74) is 2.27. The summed E-state index contributed by atoms with van der Waals surface area (Å²) in [6, 6.07) is 9.60. The van der Waals surface area contributed by atoms with Crippen LogP contribution in [0.1, 0.15) is 49.7 Å². The maximum atomic E-state index is 13.1. The minimum absolute atomic E-state index is 0.0899. The molecule has 7 nitrogen and oxygen atoms in total. The molecule has 7 heteroatoms. The first-order chi connectivity index (χ1) is 13.8. The molecular weight excluding hydrogens is 368 g/mol. The van der Waals surface area contributed by atoms with Crippen LogP contribution in [0.5, 0.6) is 11.5 Å². The van der Waals surface area contributed by atoms with E-state index in [1.54, 1.807) is 17.2 Å². The molecule has 0 saturated carbocycles. The normalized spacial score (nSPS) is 16.6. The number of imidazole rings is 1. The van der Waals surface area contributed by atoms with E-state index in [1.165, 1.54) is 0 Å². The molecule has 0 N–H and O–H groups in total. The lowest BCUT2D eigenvalue weighted by Crippen LogP contribution is -2.29. The third-order valence-electron chi connectivity index (χ3n) is 5.15. The average molecular weight is 390 g/mol. The van der Waals surface area contributed by atoms with Gasteiger partial charge in [-0.15, -0.1) is 0 Å². The highest BCUT2D eigenvalue weighted by molar-refractivity contribution is 6.10. The Labute approximate surface area is 168 Å². The number of nitrogens with zero attached hydrogens (tertiary/aromatic N) is 4. The van der Waals surface area contributed by atoms with Crippen molar-refractivity contribution in [2.75, 3.05) is 4.90 Å². The van der Waals surface area contributed by atoms with Gasteiger partial charge in [-0.3, -0.25) is 9.69 Å². The van der Waals surface area contributed by atoms with E-state index < -0.39 is 5.79 Å². The molecule has 1 amide bonds. The van der Waals surface area contributed by atoms with Crippen molar-refractivity contribution in [2.24, 2.45) is 0 Å². The topological polar surface area (TPSA) is 69.5 Å². The van der Waals surface area contributed by atoms with E-state index in [2.05, 4.69) is 23.4 Å². The third kappa shape index (κ3) is 2.85. The van der Waals surface area contributed by atoms with Crippen LogP contribution in [0.25, 0.3) is 11.5 Å². The van der Waals surface area contributed by atoms with Crippen LogP contribution in [0.15, 0.2) is 42.7 Å². The molecule has 2 aromatic heterocycles. The lowest BCUT2D eigenvalue weighted by Gasteiger charge is -2.17. The summed E-state index contributed by atoms with van der Waals surface area (Å²) in [6.45, 7) is 8.34. The number of amides is 1. The summed E-state index contributed by atoms with van der Waals surface area (Å²) in [5.74, 6) is 1.86. The lowest BCUT2D eigenvalue weighted by atomic mass is 10.1. The Balaban J connectivity index is 1.48. The highest BCUT2D eigenvalue weighted by atomic mass is 16.7. The first-order valence-corrected chi connectivity index (χ1v) is 9.69. The van der Waals surface area contributed by atoms with Gasteiger partial charge in [-0.25, -0.2) is 9.97 Å². The summed E-state index contributed by atoms with van der Waals surface area (Å²) >= 11 is 0. The number of aromatic nitrogens is 3. The standard InChI is InChI=1S/C22H22N4O3/c1-13(2)25-9-8-23-20(25)16-6-5-7-19(24-16)26-12-14-10-17-18(11-15(14)21(26)27)29-22(3,4)28-17/h5-11,13H,12H2,1-4H3. The van der Waals surface area contributed by atoms with E-state index in [0.29, 0.717) is 29.4 Å². The van der Waals surface area contributed by atoms with Crippen LogP contribution in [-0.2, 0) is 6.54 Å². The Morgan fingerprint density at radius 3 is 2.66 bits per heavy atom. The first-order valence-electron chi connectivity index (χ1n) is 9.69. The minimum atomic E-state index is -0.714. The first kappa shape index (κ1) is 17.7. The van der Waals surface area contributed by atoms with Crippen molar-refractivity contribution in [1.29, 1.82) is 0 Å². The van der Waals surface area contributed by atoms with Crippen molar-refractivity contribution in [1.82, 2.24) is 14.5 Å². The quantitative estimate of drug-likeness (QED) is 0.671. The second-order valence-corrected chi connectivity index (χ2v) is 8.08. The van der Waals surface area contributed by atoms with Crippen LogP contribution >= 0.6 is 0 Å². The molecule has 0 radical (unpaired) electrons. The van der Waals surface area contributed by atoms with Crippen LogP contribution in [0.2, 0.25) is 0 Å². The predicted octanol–water partition coefficient (Wildman–Crippen LogP) is 4.19. The fourth-order valence-electron chi connectivity index (χ4n) is 3.84. The summed E-state index contributed by atoms with van der Waals surface area (Å²) in [4.78, 5) is 24.0. The smallest absolute Gasteiger partial charge is 0.260 e. The average Bonchev–Trinajstić information content (AvgIpc) is 3.35. The zero-order valence-electron chi connectivity index (χ0n) is 16.8. The molecule has 2 aliphatic rings. The fraction of sp³-hybridized carbons (Fsp3) is 0.318. The van der Waals surface area contributed by atoms with Gasteiger partial charge in [0, 0.05) is 37.8 Å². The third-order valence-corrected chi connectivity index (χ3v) is 5.15. The number of rotatable bonds is 3. The van der Waals surface area contributed by atoms with Crippen molar-refractivity contribution in [2.45, 2.75) is 46.1 Å². The molecule has 1 aromatic carbocycles. The number of carbonyl (C=O) groups excluding carboxylic acids is 1. The van der Waals surface area contributed by atoms with Gasteiger partial charge in [0.05, 0.1) is 6.54 Å². The van der Waals surface area contributed by atoms with Crippen molar-refractivity contribution in [3.05, 3.63) is 53.9 Å². The highest BCUT2D eigenvalue weighted by Gasteiger charge is 2.37. The number of carbonyl (C=O) groups is 1. The molecule has 2 aliphatic heterocycles. The Kier molecular flexibility index (Phi) is 3.71. The van der Waals surface area contributed by atoms with E-state index >= 15 is 0 Å². The van der Waals surface area contributed by atoms with Crippen LogP contribution in [0.4, 0.5) is 5.82 Å². The number of benzene rings is 1. The summed E-state index contributed by atoms with van der Waals surface area (Å²) < 4.78 is 13.7. The number of ether oxygens (including phenoxy) is 2. The Bertz CT molecular complexity index is 1130. The van der Waals surface area contributed by atoms with Gasteiger partial charge in [0.15, 0.2) is 17.3 Å². The van der Waals surface area contributed by atoms with Gasteiger partial charge in [-0.05, 0) is 43.7 Å². The van der Waals surface area contributed by atoms with Gasteiger partial charge in [-0.1, -0.05) is 6.07 Å². The molecule has 0 spiro atoms. The number of pyridine rings is 1. The molecule has 0 atom stereocenters. The monoisotopic (exact) mass is 390 g/mol. The van der Waals surface area contributed by atoms with Crippen LogP contribution < -0.4 is 14.4 Å². The van der Waals surface area contributed by atoms with Gasteiger partial charge in [-0.2, -0.15) is 0 Å². The van der Waals surface area contributed by atoms with Gasteiger partial charge in [0.1, 0.15) is 11.5 Å². The second kappa shape index (κ2) is 6.07. The maximum absolute atomic E-state index is 13.1. The van der Waals surface area contributed by atoms with Crippen molar-refractivity contribution in [3.63, 3.8) is 0 Å². The Morgan fingerprint density at radius 2 is 1.90 bits per heavy atom. The Morgan fingerprint density at radius 1 is 1.14 bits per heavy atom. The number of hydrogen-bond acceptors (Lipinski definition) is 5. The van der Waals surface area contributed by atoms with Crippen molar-refractivity contribution in [3.8, 4) is 23.0 Å². The molecule has 4 heterocycles. The summed E-state index contributed by atoms with van der Waals surface area (Å²) in [7, 11) is 0. The van der Waals surface area contributed by atoms with Crippen LogP contribution in [0.3, 0.4) is 0 Å². The Hall–Kier alpha value is -3.35. The molecule has 3 aromatic rings. The van der Waals surface area contributed by atoms with Gasteiger partial charge >= 0.3 is 0 Å². The van der Waals surface area contributed by atoms with Crippen LogP contribution in [-0.4, -0.2) is 26.2 Å². The molecular formula is C22H22N4O3. The molecule has 0 aliphatic carbocycles. The van der Waals surface area contributed by atoms with E-state index in [-0.39, 0.29) is 11.9 Å². The molecule has 0 fully saturated rings. The van der Waals surface area contributed by atoms with Crippen LogP contribution in [0, 0.1) is 0 Å². The molecule has 0 unspecified atom stereocenters. The zero-order valence-corrected chi connectivity index (χ0v) is 16.8. The number of hydrogen-bond donors (Lipinski definition) is 0. The fourth-order valence-corrected chi connectivity index (χ4v) is 3.84. The van der Waals surface area contributed by atoms with Crippen molar-refractivity contribution >= 4 is 11.7 Å². The molecule has 0 bridgehead atoms. The van der Waals surface area contributed by atoms with Gasteiger partial charge < -0.3 is 14.0 Å². The number of anilines is 1. The molecule has 29 heavy (non-hydrogen) atoms. The van der Waals surface area contributed by atoms with Crippen molar-refractivity contribution < 1.29 is 14.3 Å². The SMILES string of the molecule is CC(C)n1ccnc1-c1cccc(N2Cc3cc4c(cc3C2=O)OC(C)(C)O4)n1. The van der Waals surface area contributed by atoms with E-state index in [9.17, 15) is 4.79 Å². The van der Waals surface area contributed by atoms with E-state index in [0.717, 1.165) is 17.1 Å². The molecule has 148 valence electrons. The summed E-state index contributed by atoms with van der Waals surface area (Å²) in [5, 5.41) is 0.